The molecule has 1 aromatic carbocycles. The van der Waals surface area contributed by atoms with E-state index in [1.807, 2.05) is 60.9 Å². The van der Waals surface area contributed by atoms with Crippen molar-refractivity contribution in [3.8, 4) is 0 Å². The summed E-state index contributed by atoms with van der Waals surface area (Å²) in [6, 6.07) is 12.1. The zero-order valence-electron chi connectivity index (χ0n) is 13.3. The topological polar surface area (TPSA) is 47.9 Å². The lowest BCUT2D eigenvalue weighted by atomic mass is 9.99. The van der Waals surface area contributed by atoms with E-state index in [1.54, 1.807) is 11.3 Å². The fraction of sp³-hybridized carbons (Fsp3) is 0.353. The van der Waals surface area contributed by atoms with Gasteiger partial charge in [-0.15, -0.1) is 0 Å². The van der Waals surface area contributed by atoms with Gasteiger partial charge in [0.2, 0.25) is 0 Å². The van der Waals surface area contributed by atoms with Crippen molar-refractivity contribution in [2.45, 2.75) is 19.1 Å². The molecule has 2 rings (SSSR count). The highest BCUT2D eigenvalue weighted by atomic mass is 32.1. The highest BCUT2D eigenvalue weighted by molar-refractivity contribution is 7.08. The van der Waals surface area contributed by atoms with Crippen LogP contribution in [0.15, 0.2) is 52.2 Å². The van der Waals surface area contributed by atoms with Gasteiger partial charge >= 0.3 is 0 Å². The number of nitrogens with one attached hydrogen (secondary N) is 1. The van der Waals surface area contributed by atoms with Crippen molar-refractivity contribution in [3.63, 3.8) is 0 Å². The van der Waals surface area contributed by atoms with Crippen molar-refractivity contribution in [1.82, 2.24) is 10.2 Å². The predicted octanol–water partition coefficient (Wildman–Crippen LogP) is 2.66. The van der Waals surface area contributed by atoms with Gasteiger partial charge in [-0.2, -0.15) is 11.3 Å². The van der Waals surface area contributed by atoms with Crippen LogP contribution in [0.5, 0.6) is 0 Å². The molecule has 0 bridgehead atoms. The average molecular weight is 317 g/mol. The van der Waals surface area contributed by atoms with E-state index in [9.17, 15) is 5.11 Å². The summed E-state index contributed by atoms with van der Waals surface area (Å²) in [5.41, 5.74) is 1.17. The summed E-state index contributed by atoms with van der Waals surface area (Å²) in [5.74, 6) is 0.763. The van der Waals surface area contributed by atoms with Crippen molar-refractivity contribution in [3.05, 3.63) is 58.3 Å². The van der Waals surface area contributed by atoms with E-state index in [4.69, 9.17) is 0 Å². The smallest absolute Gasteiger partial charge is 0.193 e. The van der Waals surface area contributed by atoms with Crippen molar-refractivity contribution in [2.75, 3.05) is 20.6 Å². The van der Waals surface area contributed by atoms with Gasteiger partial charge in [-0.05, 0) is 34.9 Å². The van der Waals surface area contributed by atoms with E-state index in [0.717, 1.165) is 17.1 Å². The molecule has 0 aliphatic carbocycles. The Hall–Kier alpha value is -1.85. The SMILES string of the molecule is CN(C)C(=NCc1ccccc1)NCC(C)(O)c1ccsc1. The lowest BCUT2D eigenvalue weighted by Crippen LogP contribution is -2.43. The molecule has 1 atom stereocenters. The Balaban J connectivity index is 2.00. The minimum atomic E-state index is -0.913. The zero-order chi connectivity index (χ0) is 16.0. The minimum absolute atomic E-state index is 0.412. The van der Waals surface area contributed by atoms with Crippen LogP contribution in [-0.4, -0.2) is 36.6 Å². The maximum absolute atomic E-state index is 10.6. The van der Waals surface area contributed by atoms with Crippen LogP contribution in [0.4, 0.5) is 0 Å². The van der Waals surface area contributed by atoms with Gasteiger partial charge in [0.1, 0.15) is 5.60 Å². The summed E-state index contributed by atoms with van der Waals surface area (Å²) in [7, 11) is 3.88. The van der Waals surface area contributed by atoms with Crippen LogP contribution in [-0.2, 0) is 12.1 Å². The van der Waals surface area contributed by atoms with E-state index >= 15 is 0 Å². The first-order valence-corrected chi connectivity index (χ1v) is 8.18. The molecule has 0 spiro atoms. The molecule has 0 saturated heterocycles. The molecule has 2 N–H and O–H groups in total. The van der Waals surface area contributed by atoms with Gasteiger partial charge in [-0.3, -0.25) is 0 Å². The molecule has 0 radical (unpaired) electrons. The maximum atomic E-state index is 10.6. The molecule has 0 aliphatic heterocycles. The van der Waals surface area contributed by atoms with Crippen molar-refractivity contribution in [2.24, 2.45) is 4.99 Å². The van der Waals surface area contributed by atoms with E-state index in [0.29, 0.717) is 13.1 Å². The van der Waals surface area contributed by atoms with Gasteiger partial charge in [-0.1, -0.05) is 30.3 Å². The zero-order valence-corrected chi connectivity index (χ0v) is 14.1. The van der Waals surface area contributed by atoms with Crippen LogP contribution in [0, 0.1) is 0 Å². The Bertz CT molecular complexity index is 592. The molecule has 0 fully saturated rings. The van der Waals surface area contributed by atoms with Crippen LogP contribution in [0.1, 0.15) is 18.1 Å². The number of rotatable bonds is 5. The van der Waals surface area contributed by atoms with Crippen molar-refractivity contribution < 1.29 is 5.11 Å². The normalized spacial score (nSPS) is 14.5. The van der Waals surface area contributed by atoms with Crippen LogP contribution in [0.2, 0.25) is 0 Å². The summed E-state index contributed by atoms with van der Waals surface area (Å²) in [6.07, 6.45) is 0. The Morgan fingerprint density at radius 2 is 2.00 bits per heavy atom. The average Bonchev–Trinajstić information content (AvgIpc) is 3.03. The second kappa shape index (κ2) is 7.42. The second-order valence-electron chi connectivity index (χ2n) is 5.66. The maximum Gasteiger partial charge on any atom is 0.193 e. The number of aliphatic hydroxyl groups is 1. The fourth-order valence-electron chi connectivity index (χ4n) is 2.03. The molecule has 0 amide bonds. The lowest BCUT2D eigenvalue weighted by Gasteiger charge is -2.26. The van der Waals surface area contributed by atoms with E-state index in [-0.39, 0.29) is 0 Å². The molecule has 118 valence electrons. The molecule has 0 aliphatic rings. The second-order valence-corrected chi connectivity index (χ2v) is 6.44. The molecule has 0 saturated carbocycles. The molecule has 2 aromatic rings. The molecule has 1 aromatic heterocycles. The third-order valence-electron chi connectivity index (χ3n) is 3.41. The van der Waals surface area contributed by atoms with E-state index in [1.165, 1.54) is 0 Å². The van der Waals surface area contributed by atoms with Gasteiger partial charge in [0.25, 0.3) is 0 Å². The Morgan fingerprint density at radius 1 is 1.27 bits per heavy atom. The Kier molecular flexibility index (Phi) is 5.57. The number of thiophene rings is 1. The van der Waals surface area contributed by atoms with E-state index < -0.39 is 5.60 Å². The summed E-state index contributed by atoms with van der Waals surface area (Å²) in [4.78, 5) is 6.52. The van der Waals surface area contributed by atoms with Crippen molar-refractivity contribution >= 4 is 17.3 Å². The minimum Gasteiger partial charge on any atom is -0.384 e. The third kappa shape index (κ3) is 4.58. The van der Waals surface area contributed by atoms with Gasteiger partial charge in [-0.25, -0.2) is 4.99 Å². The van der Waals surface area contributed by atoms with Crippen LogP contribution < -0.4 is 5.32 Å². The number of nitrogens with zero attached hydrogens (tertiary/aromatic N) is 2. The van der Waals surface area contributed by atoms with Crippen LogP contribution in [0.25, 0.3) is 0 Å². The number of benzene rings is 1. The molecule has 4 nitrogen and oxygen atoms in total. The van der Waals surface area contributed by atoms with Crippen molar-refractivity contribution in [1.29, 1.82) is 0 Å². The van der Waals surface area contributed by atoms with Gasteiger partial charge in [0, 0.05) is 14.1 Å². The third-order valence-corrected chi connectivity index (χ3v) is 4.09. The molecular weight excluding hydrogens is 294 g/mol. The first-order chi connectivity index (χ1) is 10.5. The summed E-state index contributed by atoms with van der Waals surface area (Å²) < 4.78 is 0. The quantitative estimate of drug-likeness (QED) is 0.658. The summed E-state index contributed by atoms with van der Waals surface area (Å²) in [6.45, 7) is 2.84. The highest BCUT2D eigenvalue weighted by Crippen LogP contribution is 2.22. The fourth-order valence-corrected chi connectivity index (χ4v) is 2.81. The predicted molar refractivity (Wildman–Crippen MR) is 93.2 cm³/mol. The first-order valence-electron chi connectivity index (χ1n) is 7.23. The highest BCUT2D eigenvalue weighted by Gasteiger charge is 2.24. The summed E-state index contributed by atoms with van der Waals surface area (Å²) in [5, 5.41) is 17.8. The number of hydrogen-bond donors (Lipinski definition) is 2. The van der Waals surface area contributed by atoms with Crippen LogP contribution >= 0.6 is 11.3 Å². The van der Waals surface area contributed by atoms with Crippen LogP contribution in [0.3, 0.4) is 0 Å². The molecule has 1 heterocycles. The summed E-state index contributed by atoms with van der Waals surface area (Å²) >= 11 is 1.59. The molecule has 22 heavy (non-hydrogen) atoms. The number of hydrogen-bond acceptors (Lipinski definition) is 3. The number of guanidine groups is 1. The molecule has 1 unspecified atom stereocenters. The first kappa shape index (κ1) is 16.5. The molecular formula is C17H23N3OS. The Labute approximate surface area is 136 Å². The van der Waals surface area contributed by atoms with E-state index in [2.05, 4.69) is 22.4 Å². The molecule has 5 heteroatoms. The van der Waals surface area contributed by atoms with Gasteiger partial charge in [0.05, 0.1) is 13.1 Å². The largest absolute Gasteiger partial charge is 0.384 e. The van der Waals surface area contributed by atoms with Gasteiger partial charge in [0.15, 0.2) is 5.96 Å². The lowest BCUT2D eigenvalue weighted by molar-refractivity contribution is 0.0617. The Morgan fingerprint density at radius 3 is 2.59 bits per heavy atom. The van der Waals surface area contributed by atoms with Gasteiger partial charge < -0.3 is 15.3 Å². The monoisotopic (exact) mass is 317 g/mol. The number of aliphatic imine (C=N–C) groups is 1. The standard InChI is InChI=1S/C17H23N3OS/c1-17(21,15-9-10-22-12-15)13-19-16(20(2)3)18-11-14-7-5-4-6-8-14/h4-10,12,21H,11,13H2,1-3H3,(H,18,19).